The Morgan fingerprint density at radius 1 is 1.06 bits per heavy atom. The molecule has 10 heteroatoms. The number of hydrogen-bond donors (Lipinski definition) is 1. The second kappa shape index (κ2) is 7.95. The molecule has 2 aliphatic heterocycles. The summed E-state index contributed by atoms with van der Waals surface area (Å²) in [6.45, 7) is 5.00. The highest BCUT2D eigenvalue weighted by Gasteiger charge is 2.24. The minimum absolute atomic E-state index is 0.557. The molecular weight excluding hydrogens is 406 g/mol. The molecule has 0 bridgehead atoms. The fourth-order valence-electron chi connectivity index (χ4n) is 4.26. The summed E-state index contributed by atoms with van der Waals surface area (Å²) in [4.78, 5) is 21.1. The van der Waals surface area contributed by atoms with Gasteiger partial charge in [-0.25, -0.2) is 9.67 Å². The van der Waals surface area contributed by atoms with Gasteiger partial charge in [0.15, 0.2) is 17.0 Å². The highest BCUT2D eigenvalue weighted by molar-refractivity contribution is 5.87. The molecule has 4 aromatic heterocycles. The predicted molar refractivity (Wildman–Crippen MR) is 120 cm³/mol. The summed E-state index contributed by atoms with van der Waals surface area (Å²) in [5, 5.41) is 8.09. The fourth-order valence-corrected chi connectivity index (χ4v) is 4.26. The topological polar surface area (TPSA) is 98.8 Å². The lowest BCUT2D eigenvalue weighted by Gasteiger charge is -2.28. The van der Waals surface area contributed by atoms with Crippen molar-refractivity contribution >= 4 is 17.0 Å². The van der Waals surface area contributed by atoms with Crippen molar-refractivity contribution < 1.29 is 4.74 Å². The molecule has 0 aromatic carbocycles. The second-order valence-electron chi connectivity index (χ2n) is 8.33. The first kappa shape index (κ1) is 19.3. The van der Waals surface area contributed by atoms with Gasteiger partial charge in [0.2, 0.25) is 0 Å². The average molecular weight is 432 g/mol. The minimum Gasteiger partial charge on any atom is -0.378 e. The Balaban J connectivity index is 1.46. The number of nitrogens with one attached hydrogen (secondary N) is 1. The third kappa shape index (κ3) is 3.41. The lowest BCUT2D eigenvalue weighted by molar-refractivity contribution is 0.122. The molecule has 32 heavy (non-hydrogen) atoms. The average Bonchev–Trinajstić information content (AvgIpc) is 3.42. The number of pyridine rings is 1. The van der Waals surface area contributed by atoms with Crippen molar-refractivity contribution in [2.45, 2.75) is 6.42 Å². The molecule has 2 saturated heterocycles. The monoisotopic (exact) mass is 431 g/mol. The van der Waals surface area contributed by atoms with Crippen LogP contribution < -0.4 is 10.2 Å². The summed E-state index contributed by atoms with van der Waals surface area (Å²) in [6.07, 6.45) is 6.47. The van der Waals surface area contributed by atoms with Gasteiger partial charge in [-0.1, -0.05) is 0 Å². The largest absolute Gasteiger partial charge is 0.378 e. The molecule has 1 N–H and O–H groups in total. The van der Waals surface area contributed by atoms with Crippen LogP contribution in [0.1, 0.15) is 5.69 Å². The molecule has 0 spiro atoms. The Bertz CT molecular complexity index is 1240. The summed E-state index contributed by atoms with van der Waals surface area (Å²) >= 11 is 0. The van der Waals surface area contributed by atoms with Crippen LogP contribution in [0.2, 0.25) is 0 Å². The number of rotatable bonds is 5. The van der Waals surface area contributed by atoms with Crippen LogP contribution in [0.25, 0.3) is 28.5 Å². The van der Waals surface area contributed by atoms with E-state index in [1.54, 1.807) is 17.1 Å². The van der Waals surface area contributed by atoms with Crippen LogP contribution in [-0.4, -0.2) is 73.7 Å². The van der Waals surface area contributed by atoms with Crippen molar-refractivity contribution in [3.05, 3.63) is 42.5 Å². The van der Waals surface area contributed by atoms with Gasteiger partial charge in [-0.05, 0) is 43.6 Å². The summed E-state index contributed by atoms with van der Waals surface area (Å²) < 4.78 is 9.36. The van der Waals surface area contributed by atoms with Crippen LogP contribution in [0.15, 0.2) is 36.8 Å². The van der Waals surface area contributed by atoms with Crippen LogP contribution in [0, 0.1) is 5.92 Å². The van der Waals surface area contributed by atoms with E-state index in [-0.39, 0.29) is 0 Å². The summed E-state index contributed by atoms with van der Waals surface area (Å²) in [5.41, 5.74) is 3.63. The molecule has 4 aromatic rings. The van der Waals surface area contributed by atoms with Gasteiger partial charge in [-0.15, -0.1) is 0 Å². The number of fused-ring (bicyclic) bond motifs is 1. The van der Waals surface area contributed by atoms with Crippen molar-refractivity contribution in [2.75, 3.05) is 44.3 Å². The van der Waals surface area contributed by atoms with E-state index in [0.717, 1.165) is 66.7 Å². The van der Waals surface area contributed by atoms with Crippen LogP contribution in [0.3, 0.4) is 0 Å². The molecule has 10 nitrogen and oxygen atoms in total. The summed E-state index contributed by atoms with van der Waals surface area (Å²) in [5.74, 6) is 2.87. The summed E-state index contributed by atoms with van der Waals surface area (Å²) in [6, 6.07) is 5.98. The van der Waals surface area contributed by atoms with E-state index in [4.69, 9.17) is 24.8 Å². The standard InChI is InChI=1S/C22H25N9O/c1-29-19(16-2-5-23-6-3-16)25-18-20(29)26-22(27-21(18)30-8-10-32-11-9-30)31-7-4-17(28-31)12-15-13-24-14-15/h2-7,15,24H,8-14H2,1H3. The van der Waals surface area contributed by atoms with Crippen LogP contribution >= 0.6 is 0 Å². The summed E-state index contributed by atoms with van der Waals surface area (Å²) in [7, 11) is 1.99. The molecule has 2 aliphatic rings. The van der Waals surface area contributed by atoms with Crippen LogP contribution in [0.4, 0.5) is 5.82 Å². The quantitative estimate of drug-likeness (QED) is 0.504. The van der Waals surface area contributed by atoms with Crippen LogP contribution in [0.5, 0.6) is 0 Å². The number of morpholine rings is 1. The van der Waals surface area contributed by atoms with Gasteiger partial charge in [0.1, 0.15) is 5.82 Å². The number of anilines is 1. The van der Waals surface area contributed by atoms with E-state index < -0.39 is 0 Å². The van der Waals surface area contributed by atoms with E-state index in [1.165, 1.54) is 0 Å². The maximum atomic E-state index is 5.56. The Labute approximate surface area is 185 Å². The molecule has 0 atom stereocenters. The van der Waals surface area contributed by atoms with E-state index in [2.05, 4.69) is 21.3 Å². The van der Waals surface area contributed by atoms with Gasteiger partial charge in [-0.2, -0.15) is 15.1 Å². The SMILES string of the molecule is Cn1c(-c2ccncc2)nc2c(N3CCOCC3)nc(-n3ccc(CC4CNC4)n3)nc21. The first-order valence-electron chi connectivity index (χ1n) is 11.0. The molecule has 164 valence electrons. The van der Waals surface area contributed by atoms with E-state index in [0.29, 0.717) is 25.1 Å². The van der Waals surface area contributed by atoms with Gasteiger partial charge in [-0.3, -0.25) is 4.98 Å². The van der Waals surface area contributed by atoms with E-state index >= 15 is 0 Å². The van der Waals surface area contributed by atoms with Crippen molar-refractivity contribution in [1.29, 1.82) is 0 Å². The molecule has 0 saturated carbocycles. The van der Waals surface area contributed by atoms with Gasteiger partial charge >= 0.3 is 0 Å². The zero-order valence-electron chi connectivity index (χ0n) is 18.0. The number of hydrogen-bond acceptors (Lipinski definition) is 8. The molecule has 0 aliphatic carbocycles. The number of nitrogens with zero attached hydrogens (tertiary/aromatic N) is 8. The number of ether oxygens (including phenoxy) is 1. The van der Waals surface area contributed by atoms with Crippen LogP contribution in [-0.2, 0) is 18.2 Å². The zero-order valence-corrected chi connectivity index (χ0v) is 18.0. The predicted octanol–water partition coefficient (Wildman–Crippen LogP) is 1.21. The second-order valence-corrected chi connectivity index (χ2v) is 8.33. The number of aryl methyl sites for hydroxylation is 1. The van der Waals surface area contributed by atoms with Crippen molar-refractivity contribution in [2.24, 2.45) is 13.0 Å². The van der Waals surface area contributed by atoms with E-state index in [9.17, 15) is 0 Å². The molecule has 2 fully saturated rings. The van der Waals surface area contributed by atoms with Gasteiger partial charge in [0.05, 0.1) is 18.9 Å². The Hall–Kier alpha value is -3.37. The van der Waals surface area contributed by atoms with Crippen molar-refractivity contribution in [3.8, 4) is 17.3 Å². The lowest BCUT2D eigenvalue weighted by atomic mass is 9.98. The third-order valence-electron chi connectivity index (χ3n) is 6.15. The molecule has 0 amide bonds. The Kier molecular flexibility index (Phi) is 4.80. The molecule has 0 unspecified atom stereocenters. The van der Waals surface area contributed by atoms with Gasteiger partial charge < -0.3 is 19.5 Å². The van der Waals surface area contributed by atoms with E-state index in [1.807, 2.05) is 29.9 Å². The van der Waals surface area contributed by atoms with Gasteiger partial charge in [0.25, 0.3) is 5.95 Å². The first-order chi connectivity index (χ1) is 15.8. The van der Waals surface area contributed by atoms with Crippen molar-refractivity contribution in [3.63, 3.8) is 0 Å². The Morgan fingerprint density at radius 3 is 2.62 bits per heavy atom. The number of imidazole rings is 1. The highest BCUT2D eigenvalue weighted by atomic mass is 16.5. The fraction of sp³-hybridized carbons (Fsp3) is 0.409. The molecule has 6 rings (SSSR count). The smallest absolute Gasteiger partial charge is 0.254 e. The minimum atomic E-state index is 0.557. The lowest BCUT2D eigenvalue weighted by Crippen LogP contribution is -2.43. The maximum absolute atomic E-state index is 5.56. The molecule has 6 heterocycles. The maximum Gasteiger partial charge on any atom is 0.254 e. The number of aromatic nitrogens is 7. The molecular formula is C22H25N9O. The van der Waals surface area contributed by atoms with Gasteiger partial charge in [0, 0.05) is 44.3 Å². The first-order valence-corrected chi connectivity index (χ1v) is 11.0. The highest BCUT2D eigenvalue weighted by Crippen LogP contribution is 2.29. The third-order valence-corrected chi connectivity index (χ3v) is 6.15. The normalized spacial score (nSPS) is 17.1. The zero-order chi connectivity index (χ0) is 21.5. The molecule has 0 radical (unpaired) electrons. The van der Waals surface area contributed by atoms with Crippen molar-refractivity contribution in [1.82, 2.24) is 39.6 Å². The Morgan fingerprint density at radius 2 is 1.88 bits per heavy atom.